The number of hydrogen-bond donors (Lipinski definition) is 1. The van der Waals surface area contributed by atoms with Crippen molar-refractivity contribution in [3.05, 3.63) is 29.3 Å². The minimum atomic E-state index is -0.00646. The topological polar surface area (TPSA) is 46.1 Å². The molecule has 1 aromatic rings. The molecule has 1 N–H and O–H groups in total. The van der Waals surface area contributed by atoms with E-state index in [4.69, 9.17) is 21.1 Å². The van der Waals surface area contributed by atoms with Crippen LogP contribution in [0.25, 0.3) is 0 Å². The number of nitrogens with one attached hydrogen (secondary N) is 1. The molecule has 1 spiro atoms. The number of para-hydroxylation sites is 1. The number of nitrogens with zero attached hydrogens (tertiary/aromatic N) is 2. The van der Waals surface area contributed by atoms with Crippen LogP contribution in [-0.4, -0.2) is 56.9 Å². The Morgan fingerprint density at radius 3 is 3.00 bits per heavy atom. The monoisotopic (exact) mass is 351 g/mol. The van der Waals surface area contributed by atoms with Crippen molar-refractivity contribution in [3.63, 3.8) is 0 Å². The molecule has 2 aliphatic heterocycles. The molecule has 6 heteroatoms. The van der Waals surface area contributed by atoms with Crippen LogP contribution in [0.3, 0.4) is 0 Å². The van der Waals surface area contributed by atoms with E-state index in [0.29, 0.717) is 22.7 Å². The lowest BCUT2D eigenvalue weighted by Gasteiger charge is -2.26. The van der Waals surface area contributed by atoms with Crippen molar-refractivity contribution in [2.24, 2.45) is 10.4 Å². The minimum Gasteiger partial charge on any atom is -0.487 e. The summed E-state index contributed by atoms with van der Waals surface area (Å²) in [6, 6.07) is 7.55. The van der Waals surface area contributed by atoms with E-state index in [0.717, 1.165) is 38.7 Å². The summed E-state index contributed by atoms with van der Waals surface area (Å²) in [6.45, 7) is 6.53. The quantitative estimate of drug-likeness (QED) is 0.669. The highest BCUT2D eigenvalue weighted by Gasteiger charge is 2.42. The smallest absolute Gasteiger partial charge is 0.193 e. The lowest BCUT2D eigenvalue weighted by Crippen LogP contribution is -2.44. The average Bonchev–Trinajstić information content (AvgIpc) is 3.21. The predicted octanol–water partition coefficient (Wildman–Crippen LogP) is 2.80. The third-order valence-corrected chi connectivity index (χ3v) is 5.16. The zero-order valence-electron chi connectivity index (χ0n) is 14.4. The van der Waals surface area contributed by atoms with Crippen LogP contribution in [0.1, 0.15) is 19.8 Å². The van der Waals surface area contributed by atoms with Crippen molar-refractivity contribution in [3.8, 4) is 5.75 Å². The van der Waals surface area contributed by atoms with E-state index >= 15 is 0 Å². The Morgan fingerprint density at radius 1 is 1.46 bits per heavy atom. The lowest BCUT2D eigenvalue weighted by atomic mass is 9.87. The van der Waals surface area contributed by atoms with E-state index in [1.165, 1.54) is 6.42 Å². The Bertz CT molecular complexity index is 587. The maximum absolute atomic E-state index is 6.14. The first kappa shape index (κ1) is 17.4. The Labute approximate surface area is 149 Å². The van der Waals surface area contributed by atoms with Crippen LogP contribution >= 0.6 is 11.6 Å². The molecule has 0 radical (unpaired) electrons. The summed E-state index contributed by atoms with van der Waals surface area (Å²) in [5.74, 6) is 1.65. The standard InChI is InChI=1S/C18H26ClN3O2/c1-14(24-16-6-4-3-5-15(16)19)11-21-17(20-2)22-9-7-18(12-22)8-10-23-13-18/h3-6,14H,7-13H2,1-2H3,(H,20,21). The second kappa shape index (κ2) is 7.62. The molecule has 2 unspecified atom stereocenters. The van der Waals surface area contributed by atoms with Gasteiger partial charge in [-0.3, -0.25) is 4.99 Å². The molecular formula is C18H26ClN3O2. The SMILES string of the molecule is CN=C(NCC(C)Oc1ccccc1Cl)N1CCC2(CCOC2)C1. The summed E-state index contributed by atoms with van der Waals surface area (Å²) in [6.07, 6.45) is 2.33. The molecule has 2 saturated heterocycles. The van der Waals surface area contributed by atoms with Gasteiger partial charge in [0.1, 0.15) is 11.9 Å². The zero-order chi connectivity index (χ0) is 17.0. The Morgan fingerprint density at radius 2 is 2.29 bits per heavy atom. The summed E-state index contributed by atoms with van der Waals surface area (Å²) in [5, 5.41) is 4.06. The molecule has 3 rings (SSSR count). The first-order chi connectivity index (χ1) is 11.6. The van der Waals surface area contributed by atoms with Gasteiger partial charge in [0.05, 0.1) is 18.2 Å². The molecule has 2 atom stereocenters. The first-order valence-corrected chi connectivity index (χ1v) is 8.94. The summed E-state index contributed by atoms with van der Waals surface area (Å²) < 4.78 is 11.5. The van der Waals surface area contributed by atoms with E-state index < -0.39 is 0 Å². The van der Waals surface area contributed by atoms with Crippen LogP contribution in [0.4, 0.5) is 0 Å². The van der Waals surface area contributed by atoms with Crippen LogP contribution < -0.4 is 10.1 Å². The predicted molar refractivity (Wildman–Crippen MR) is 97.0 cm³/mol. The fraction of sp³-hybridized carbons (Fsp3) is 0.611. The molecule has 0 aliphatic carbocycles. The molecule has 132 valence electrons. The van der Waals surface area contributed by atoms with E-state index in [1.54, 1.807) is 0 Å². The largest absolute Gasteiger partial charge is 0.487 e. The van der Waals surface area contributed by atoms with Crippen LogP contribution in [0.15, 0.2) is 29.3 Å². The van der Waals surface area contributed by atoms with Gasteiger partial charge in [0.25, 0.3) is 0 Å². The molecule has 0 bridgehead atoms. The average molecular weight is 352 g/mol. The Hall–Kier alpha value is -1.46. The second-order valence-electron chi connectivity index (χ2n) is 6.76. The number of ether oxygens (including phenoxy) is 2. The fourth-order valence-electron chi connectivity index (χ4n) is 3.45. The van der Waals surface area contributed by atoms with Crippen molar-refractivity contribution in [1.29, 1.82) is 0 Å². The van der Waals surface area contributed by atoms with Gasteiger partial charge in [0, 0.05) is 32.2 Å². The number of hydrogen-bond acceptors (Lipinski definition) is 3. The zero-order valence-corrected chi connectivity index (χ0v) is 15.2. The number of likely N-dealkylation sites (tertiary alicyclic amines) is 1. The molecule has 24 heavy (non-hydrogen) atoms. The number of guanidine groups is 1. The third kappa shape index (κ3) is 3.95. The van der Waals surface area contributed by atoms with Gasteiger partial charge in [-0.25, -0.2) is 0 Å². The number of rotatable bonds is 4. The molecule has 2 aliphatic rings. The third-order valence-electron chi connectivity index (χ3n) is 4.85. The summed E-state index contributed by atoms with van der Waals surface area (Å²) in [7, 11) is 1.83. The molecule has 1 aromatic carbocycles. The van der Waals surface area contributed by atoms with Crippen LogP contribution in [0.5, 0.6) is 5.75 Å². The van der Waals surface area contributed by atoms with E-state index in [-0.39, 0.29) is 6.10 Å². The molecule has 5 nitrogen and oxygen atoms in total. The van der Waals surface area contributed by atoms with Crippen molar-refractivity contribution in [2.45, 2.75) is 25.9 Å². The lowest BCUT2D eigenvalue weighted by molar-refractivity contribution is 0.156. The van der Waals surface area contributed by atoms with Crippen molar-refractivity contribution in [1.82, 2.24) is 10.2 Å². The molecule has 0 aromatic heterocycles. The fourth-order valence-corrected chi connectivity index (χ4v) is 3.63. The Kier molecular flexibility index (Phi) is 5.51. The van der Waals surface area contributed by atoms with Gasteiger partial charge in [-0.15, -0.1) is 0 Å². The molecular weight excluding hydrogens is 326 g/mol. The highest BCUT2D eigenvalue weighted by Crippen LogP contribution is 2.38. The minimum absolute atomic E-state index is 0.00646. The summed E-state index contributed by atoms with van der Waals surface area (Å²) >= 11 is 6.14. The van der Waals surface area contributed by atoms with Crippen LogP contribution in [0.2, 0.25) is 5.02 Å². The molecule has 2 heterocycles. The summed E-state index contributed by atoms with van der Waals surface area (Å²) in [5.41, 5.74) is 0.331. The van der Waals surface area contributed by atoms with Crippen LogP contribution in [-0.2, 0) is 4.74 Å². The number of benzene rings is 1. The molecule has 0 amide bonds. The van der Waals surface area contributed by atoms with Crippen molar-refractivity contribution < 1.29 is 9.47 Å². The highest BCUT2D eigenvalue weighted by molar-refractivity contribution is 6.32. The van der Waals surface area contributed by atoms with Gasteiger partial charge in [-0.2, -0.15) is 0 Å². The van der Waals surface area contributed by atoms with Gasteiger partial charge in [-0.1, -0.05) is 23.7 Å². The normalized spacial score (nSPS) is 25.3. The van der Waals surface area contributed by atoms with Gasteiger partial charge in [0.2, 0.25) is 0 Å². The highest BCUT2D eigenvalue weighted by atomic mass is 35.5. The Balaban J connectivity index is 1.50. The van der Waals surface area contributed by atoms with E-state index in [2.05, 4.69) is 15.2 Å². The second-order valence-corrected chi connectivity index (χ2v) is 7.17. The van der Waals surface area contributed by atoms with Gasteiger partial charge < -0.3 is 19.7 Å². The number of aliphatic imine (C=N–C) groups is 1. The van der Waals surface area contributed by atoms with Crippen molar-refractivity contribution >= 4 is 17.6 Å². The van der Waals surface area contributed by atoms with Gasteiger partial charge >= 0.3 is 0 Å². The maximum atomic E-state index is 6.14. The first-order valence-electron chi connectivity index (χ1n) is 8.56. The van der Waals surface area contributed by atoms with Gasteiger partial charge in [0.15, 0.2) is 5.96 Å². The number of halogens is 1. The van der Waals surface area contributed by atoms with Crippen molar-refractivity contribution in [2.75, 3.05) is 39.9 Å². The van der Waals surface area contributed by atoms with Gasteiger partial charge in [-0.05, 0) is 31.9 Å². The maximum Gasteiger partial charge on any atom is 0.193 e. The van der Waals surface area contributed by atoms with Crippen LogP contribution in [0, 0.1) is 5.41 Å². The summed E-state index contributed by atoms with van der Waals surface area (Å²) in [4.78, 5) is 6.76. The van der Waals surface area contributed by atoms with E-state index in [1.807, 2.05) is 38.2 Å². The molecule has 2 fully saturated rings. The molecule has 0 saturated carbocycles. The van der Waals surface area contributed by atoms with E-state index in [9.17, 15) is 0 Å².